The van der Waals surface area contributed by atoms with Crippen molar-refractivity contribution < 1.29 is 13.2 Å². The minimum Gasteiger partial charge on any atom is -0.322 e. The summed E-state index contributed by atoms with van der Waals surface area (Å²) in [6, 6.07) is 14.5. The molecule has 1 fully saturated rings. The first kappa shape index (κ1) is 18.6. The van der Waals surface area contributed by atoms with Gasteiger partial charge in [0.1, 0.15) is 0 Å². The summed E-state index contributed by atoms with van der Waals surface area (Å²) in [7, 11) is -3.56. The van der Waals surface area contributed by atoms with Gasteiger partial charge >= 0.3 is 0 Å². The molecule has 0 aromatic heterocycles. The minimum absolute atomic E-state index is 0.181. The van der Waals surface area contributed by atoms with E-state index in [1.807, 2.05) is 12.1 Å². The molecule has 6 heteroatoms. The van der Waals surface area contributed by atoms with Crippen molar-refractivity contribution in [2.45, 2.75) is 43.8 Å². The molecule has 0 atom stereocenters. The number of benzene rings is 2. The van der Waals surface area contributed by atoms with Gasteiger partial charge in [-0.3, -0.25) is 4.79 Å². The first-order valence-corrected chi connectivity index (χ1v) is 10.6. The zero-order valence-corrected chi connectivity index (χ0v) is 15.5. The number of hydrogen-bond donors (Lipinski definition) is 2. The van der Waals surface area contributed by atoms with Gasteiger partial charge in [0.05, 0.1) is 5.75 Å². The molecule has 3 N–H and O–H groups in total. The fraction of sp³-hybridized carbons (Fsp3) is 0.350. The molecule has 1 saturated carbocycles. The lowest BCUT2D eigenvalue weighted by Gasteiger charge is -2.22. The van der Waals surface area contributed by atoms with Crippen molar-refractivity contribution in [3.63, 3.8) is 0 Å². The Morgan fingerprint density at radius 3 is 2.15 bits per heavy atom. The number of anilines is 1. The van der Waals surface area contributed by atoms with Crippen LogP contribution in [0, 0.1) is 0 Å². The van der Waals surface area contributed by atoms with Crippen LogP contribution >= 0.6 is 0 Å². The number of nitrogens with two attached hydrogens (primary N) is 1. The number of carbonyl (C=O) groups is 1. The second-order valence-corrected chi connectivity index (χ2v) is 8.53. The number of sulfonamides is 1. The zero-order chi connectivity index (χ0) is 18.6. The van der Waals surface area contributed by atoms with Crippen LogP contribution in [0.5, 0.6) is 0 Å². The first-order chi connectivity index (χ1) is 12.4. The standard InChI is InChI=1S/C20H24N2O3S/c21-26(24,25)14-15-6-12-19(13-7-15)22-20(23)18-10-8-17(9-11-18)16-4-2-1-3-5-16/h6-13,16H,1-5,14H2,(H,22,23)(H2,21,24,25). The molecule has 26 heavy (non-hydrogen) atoms. The molecule has 1 aliphatic carbocycles. The van der Waals surface area contributed by atoms with Crippen LogP contribution in [0.15, 0.2) is 48.5 Å². The molecule has 3 rings (SSSR count). The number of hydrogen-bond acceptors (Lipinski definition) is 3. The highest BCUT2D eigenvalue weighted by Crippen LogP contribution is 2.32. The molecule has 1 amide bonds. The molecule has 1 aliphatic rings. The summed E-state index contributed by atoms with van der Waals surface area (Å²) in [5, 5.41) is 7.86. The Kier molecular flexibility index (Phi) is 5.74. The van der Waals surface area contributed by atoms with E-state index >= 15 is 0 Å². The Hall–Kier alpha value is -2.18. The Morgan fingerprint density at radius 2 is 1.58 bits per heavy atom. The fourth-order valence-corrected chi connectivity index (χ4v) is 4.12. The van der Waals surface area contributed by atoms with Gasteiger partial charge in [-0.25, -0.2) is 13.6 Å². The molecule has 5 nitrogen and oxygen atoms in total. The van der Waals surface area contributed by atoms with Gasteiger partial charge in [-0.2, -0.15) is 0 Å². The van der Waals surface area contributed by atoms with E-state index < -0.39 is 10.0 Å². The number of carbonyl (C=O) groups excluding carboxylic acids is 1. The SMILES string of the molecule is NS(=O)(=O)Cc1ccc(NC(=O)c2ccc(C3CCCCC3)cc2)cc1. The van der Waals surface area contributed by atoms with E-state index in [-0.39, 0.29) is 11.7 Å². The summed E-state index contributed by atoms with van der Waals surface area (Å²) in [6.45, 7) is 0. The van der Waals surface area contributed by atoms with Crippen molar-refractivity contribution in [1.29, 1.82) is 0 Å². The van der Waals surface area contributed by atoms with Crippen LogP contribution in [0.2, 0.25) is 0 Å². The third-order valence-electron chi connectivity index (χ3n) is 4.83. The van der Waals surface area contributed by atoms with E-state index in [9.17, 15) is 13.2 Å². The summed E-state index contributed by atoms with van der Waals surface area (Å²) < 4.78 is 22.2. The van der Waals surface area contributed by atoms with E-state index in [1.54, 1.807) is 24.3 Å². The number of amides is 1. The molecule has 0 aliphatic heterocycles. The molecule has 138 valence electrons. The monoisotopic (exact) mass is 372 g/mol. The summed E-state index contributed by atoms with van der Waals surface area (Å²) in [4.78, 5) is 12.4. The second kappa shape index (κ2) is 8.01. The molecular formula is C20H24N2O3S. The number of rotatable bonds is 5. The largest absolute Gasteiger partial charge is 0.322 e. The van der Waals surface area contributed by atoms with E-state index in [0.717, 1.165) is 0 Å². The van der Waals surface area contributed by atoms with Crippen LogP contribution in [-0.4, -0.2) is 14.3 Å². The maximum atomic E-state index is 12.4. The Bertz CT molecular complexity index is 853. The highest BCUT2D eigenvalue weighted by Gasteiger charge is 2.16. The van der Waals surface area contributed by atoms with Crippen molar-refractivity contribution in [1.82, 2.24) is 0 Å². The van der Waals surface area contributed by atoms with Crippen LogP contribution < -0.4 is 10.5 Å². The topological polar surface area (TPSA) is 89.3 Å². The number of nitrogens with one attached hydrogen (secondary N) is 1. The molecule has 0 radical (unpaired) electrons. The van der Waals surface area contributed by atoms with Crippen LogP contribution in [0.25, 0.3) is 0 Å². The highest BCUT2D eigenvalue weighted by atomic mass is 32.2. The van der Waals surface area contributed by atoms with Gasteiger partial charge in [0.25, 0.3) is 5.91 Å². The third kappa shape index (κ3) is 5.16. The van der Waals surface area contributed by atoms with Crippen LogP contribution in [0.4, 0.5) is 5.69 Å². The van der Waals surface area contributed by atoms with Gasteiger partial charge in [-0.1, -0.05) is 43.5 Å². The molecule has 0 spiro atoms. The Morgan fingerprint density at radius 1 is 0.962 bits per heavy atom. The molecule has 0 bridgehead atoms. The maximum absolute atomic E-state index is 12.4. The third-order valence-corrected chi connectivity index (χ3v) is 5.56. The molecule has 0 heterocycles. The quantitative estimate of drug-likeness (QED) is 0.837. The lowest BCUT2D eigenvalue weighted by molar-refractivity contribution is 0.102. The van der Waals surface area contributed by atoms with Crippen LogP contribution in [0.1, 0.15) is 59.5 Å². The highest BCUT2D eigenvalue weighted by molar-refractivity contribution is 7.88. The second-order valence-electron chi connectivity index (χ2n) is 6.92. The van der Waals surface area contributed by atoms with Crippen LogP contribution in [-0.2, 0) is 15.8 Å². The summed E-state index contributed by atoms with van der Waals surface area (Å²) in [5.74, 6) is 0.218. The van der Waals surface area contributed by atoms with Crippen molar-refractivity contribution in [3.05, 3.63) is 65.2 Å². The predicted octanol–water partition coefficient (Wildman–Crippen LogP) is 3.78. The van der Waals surface area contributed by atoms with Crippen molar-refractivity contribution in [3.8, 4) is 0 Å². The molecule has 2 aromatic rings. The minimum atomic E-state index is -3.56. The first-order valence-electron chi connectivity index (χ1n) is 8.91. The average Bonchev–Trinajstić information content (AvgIpc) is 2.63. The van der Waals surface area contributed by atoms with Crippen LogP contribution in [0.3, 0.4) is 0 Å². The van der Waals surface area contributed by atoms with Gasteiger partial charge in [-0.05, 0) is 54.2 Å². The number of primary sulfonamides is 1. The average molecular weight is 372 g/mol. The smallest absolute Gasteiger partial charge is 0.255 e. The van der Waals surface area contributed by atoms with Gasteiger partial charge in [0, 0.05) is 11.3 Å². The Labute approximate surface area is 154 Å². The van der Waals surface area contributed by atoms with Gasteiger partial charge in [-0.15, -0.1) is 0 Å². The van der Waals surface area contributed by atoms with E-state index in [4.69, 9.17) is 5.14 Å². The fourth-order valence-electron chi connectivity index (χ4n) is 3.46. The maximum Gasteiger partial charge on any atom is 0.255 e. The zero-order valence-electron chi connectivity index (χ0n) is 14.6. The van der Waals surface area contributed by atoms with E-state index in [2.05, 4.69) is 17.4 Å². The van der Waals surface area contributed by atoms with E-state index in [0.29, 0.717) is 22.7 Å². The van der Waals surface area contributed by atoms with Crippen molar-refractivity contribution >= 4 is 21.6 Å². The summed E-state index contributed by atoms with van der Waals surface area (Å²) in [5.41, 5.74) is 3.12. The summed E-state index contributed by atoms with van der Waals surface area (Å²) in [6.07, 6.45) is 6.36. The normalized spacial score (nSPS) is 15.6. The lowest BCUT2D eigenvalue weighted by atomic mass is 9.84. The van der Waals surface area contributed by atoms with Crippen molar-refractivity contribution in [2.24, 2.45) is 5.14 Å². The van der Waals surface area contributed by atoms with Gasteiger partial charge in [0.2, 0.25) is 10.0 Å². The lowest BCUT2D eigenvalue weighted by Crippen LogP contribution is -2.15. The molecule has 0 saturated heterocycles. The van der Waals surface area contributed by atoms with Gasteiger partial charge in [0.15, 0.2) is 0 Å². The summed E-state index contributed by atoms with van der Waals surface area (Å²) >= 11 is 0. The Balaban J connectivity index is 1.62. The molecular weight excluding hydrogens is 348 g/mol. The molecule has 2 aromatic carbocycles. The van der Waals surface area contributed by atoms with Gasteiger partial charge < -0.3 is 5.32 Å². The molecule has 0 unspecified atom stereocenters. The predicted molar refractivity (Wildman–Crippen MR) is 103 cm³/mol. The van der Waals surface area contributed by atoms with E-state index in [1.165, 1.54) is 37.7 Å². The van der Waals surface area contributed by atoms with Crippen molar-refractivity contribution in [2.75, 3.05) is 5.32 Å².